The Morgan fingerprint density at radius 1 is 1.40 bits per heavy atom. The molecule has 1 unspecified atom stereocenters. The second kappa shape index (κ2) is 8.62. The molecule has 20 heavy (non-hydrogen) atoms. The molecule has 0 spiro atoms. The van der Waals surface area contributed by atoms with Crippen LogP contribution in [0.5, 0.6) is 5.75 Å². The zero-order valence-corrected chi connectivity index (χ0v) is 13.6. The Bertz CT molecular complexity index is 386. The second-order valence-corrected chi connectivity index (χ2v) is 5.81. The van der Waals surface area contributed by atoms with Gasteiger partial charge in [0.1, 0.15) is 12.4 Å². The van der Waals surface area contributed by atoms with E-state index in [1.165, 1.54) is 0 Å². The van der Waals surface area contributed by atoms with Gasteiger partial charge in [-0.25, -0.2) is 0 Å². The van der Waals surface area contributed by atoms with Crippen molar-refractivity contribution in [2.45, 2.75) is 13.0 Å². The smallest absolute Gasteiger partial charge is 0.119 e. The summed E-state index contributed by atoms with van der Waals surface area (Å²) in [4.78, 5) is 2.42. The maximum atomic E-state index is 5.74. The van der Waals surface area contributed by atoms with Crippen LogP contribution in [-0.4, -0.2) is 56.9 Å². The zero-order valence-electron chi connectivity index (χ0n) is 12.0. The Morgan fingerprint density at radius 2 is 2.20 bits per heavy atom. The molecule has 1 aliphatic heterocycles. The SMILES string of the molecule is CCN1CCOC(CNCCOc2ccc(Br)cc2)C1. The molecule has 0 saturated carbocycles. The molecular weight excluding hydrogens is 320 g/mol. The second-order valence-electron chi connectivity index (χ2n) is 4.89. The van der Waals surface area contributed by atoms with Crippen LogP contribution in [0, 0.1) is 0 Å². The Morgan fingerprint density at radius 3 is 2.95 bits per heavy atom. The Hall–Kier alpha value is -0.620. The molecule has 0 amide bonds. The van der Waals surface area contributed by atoms with Gasteiger partial charge in [0.2, 0.25) is 0 Å². The van der Waals surface area contributed by atoms with Crippen LogP contribution in [-0.2, 0) is 4.74 Å². The molecule has 1 N–H and O–H groups in total. The topological polar surface area (TPSA) is 33.7 Å². The first-order valence-electron chi connectivity index (χ1n) is 7.21. The maximum Gasteiger partial charge on any atom is 0.119 e. The fraction of sp³-hybridized carbons (Fsp3) is 0.600. The minimum absolute atomic E-state index is 0.302. The largest absolute Gasteiger partial charge is 0.492 e. The number of nitrogens with zero attached hydrogens (tertiary/aromatic N) is 1. The van der Waals surface area contributed by atoms with Gasteiger partial charge in [0.05, 0.1) is 12.7 Å². The van der Waals surface area contributed by atoms with Gasteiger partial charge >= 0.3 is 0 Å². The summed E-state index contributed by atoms with van der Waals surface area (Å²) < 4.78 is 12.5. The van der Waals surface area contributed by atoms with Crippen molar-refractivity contribution in [3.8, 4) is 5.75 Å². The standard InChI is InChI=1S/C15H23BrN2O2/c1-2-18-8-10-20-15(12-18)11-17-7-9-19-14-5-3-13(16)4-6-14/h3-6,15,17H,2,7-12H2,1H3. The molecule has 5 heteroatoms. The van der Waals surface area contributed by atoms with Crippen molar-refractivity contribution < 1.29 is 9.47 Å². The van der Waals surface area contributed by atoms with Crippen molar-refractivity contribution in [3.63, 3.8) is 0 Å². The van der Waals surface area contributed by atoms with E-state index < -0.39 is 0 Å². The van der Waals surface area contributed by atoms with Gasteiger partial charge in [-0.1, -0.05) is 22.9 Å². The lowest BCUT2D eigenvalue weighted by Gasteiger charge is -2.32. The lowest BCUT2D eigenvalue weighted by atomic mass is 10.2. The van der Waals surface area contributed by atoms with E-state index in [0.29, 0.717) is 12.7 Å². The highest BCUT2D eigenvalue weighted by Crippen LogP contribution is 2.15. The van der Waals surface area contributed by atoms with Crippen LogP contribution in [0.1, 0.15) is 6.92 Å². The Kier molecular flexibility index (Phi) is 6.79. The van der Waals surface area contributed by atoms with Crippen molar-refractivity contribution in [3.05, 3.63) is 28.7 Å². The molecule has 0 radical (unpaired) electrons. The summed E-state index contributed by atoms with van der Waals surface area (Å²) >= 11 is 3.41. The van der Waals surface area contributed by atoms with Gasteiger partial charge in [-0.05, 0) is 30.8 Å². The average molecular weight is 343 g/mol. The first-order valence-corrected chi connectivity index (χ1v) is 8.00. The van der Waals surface area contributed by atoms with E-state index in [1.807, 2.05) is 24.3 Å². The van der Waals surface area contributed by atoms with Gasteiger partial charge in [-0.3, -0.25) is 4.90 Å². The van der Waals surface area contributed by atoms with Crippen LogP contribution >= 0.6 is 15.9 Å². The van der Waals surface area contributed by atoms with Crippen LogP contribution in [0.25, 0.3) is 0 Å². The lowest BCUT2D eigenvalue weighted by Crippen LogP contribution is -2.46. The monoisotopic (exact) mass is 342 g/mol. The highest BCUT2D eigenvalue weighted by Gasteiger charge is 2.18. The molecule has 1 aliphatic rings. The number of nitrogens with one attached hydrogen (secondary N) is 1. The van der Waals surface area contributed by atoms with Crippen LogP contribution < -0.4 is 10.1 Å². The molecule has 1 aromatic rings. The van der Waals surface area contributed by atoms with Crippen LogP contribution in [0.15, 0.2) is 28.7 Å². The molecule has 1 saturated heterocycles. The summed E-state index contributed by atoms with van der Waals surface area (Å²) in [6, 6.07) is 7.90. The summed E-state index contributed by atoms with van der Waals surface area (Å²) in [6.07, 6.45) is 0.302. The molecule has 4 nitrogen and oxygen atoms in total. The van der Waals surface area contributed by atoms with Crippen molar-refractivity contribution in [1.29, 1.82) is 0 Å². The predicted molar refractivity (Wildman–Crippen MR) is 84.4 cm³/mol. The highest BCUT2D eigenvalue weighted by molar-refractivity contribution is 9.10. The third-order valence-electron chi connectivity index (χ3n) is 3.40. The van der Waals surface area contributed by atoms with E-state index >= 15 is 0 Å². The van der Waals surface area contributed by atoms with E-state index in [0.717, 1.165) is 49.6 Å². The number of morpholine rings is 1. The minimum atomic E-state index is 0.302. The molecule has 1 atom stereocenters. The number of halogens is 1. The first kappa shape index (κ1) is 15.8. The summed E-state index contributed by atoms with van der Waals surface area (Å²) in [7, 11) is 0. The number of likely N-dealkylation sites (N-methyl/N-ethyl adjacent to an activating group) is 1. The molecule has 1 aromatic carbocycles. The van der Waals surface area contributed by atoms with E-state index in [2.05, 4.69) is 33.1 Å². The third kappa shape index (κ3) is 5.40. The summed E-state index contributed by atoms with van der Waals surface area (Å²) in [6.45, 7) is 8.62. The van der Waals surface area contributed by atoms with Gasteiger partial charge in [0, 0.05) is 30.7 Å². The summed E-state index contributed by atoms with van der Waals surface area (Å²) in [5.41, 5.74) is 0. The van der Waals surface area contributed by atoms with Crippen LogP contribution in [0.4, 0.5) is 0 Å². The van der Waals surface area contributed by atoms with Crippen LogP contribution in [0.2, 0.25) is 0 Å². The first-order chi connectivity index (χ1) is 9.78. The predicted octanol–water partition coefficient (Wildman–Crippen LogP) is 2.14. The van der Waals surface area contributed by atoms with Gasteiger partial charge in [-0.15, -0.1) is 0 Å². The van der Waals surface area contributed by atoms with Crippen molar-refractivity contribution >= 4 is 15.9 Å². The van der Waals surface area contributed by atoms with E-state index in [1.54, 1.807) is 0 Å². The van der Waals surface area contributed by atoms with Gasteiger partial charge in [0.15, 0.2) is 0 Å². The van der Waals surface area contributed by atoms with E-state index in [-0.39, 0.29) is 0 Å². The number of hydrogen-bond donors (Lipinski definition) is 1. The van der Waals surface area contributed by atoms with Crippen molar-refractivity contribution in [1.82, 2.24) is 10.2 Å². The summed E-state index contributed by atoms with van der Waals surface area (Å²) in [5, 5.41) is 3.40. The van der Waals surface area contributed by atoms with Crippen molar-refractivity contribution in [2.75, 3.05) is 45.9 Å². The van der Waals surface area contributed by atoms with E-state index in [9.17, 15) is 0 Å². The normalized spacial score (nSPS) is 20.0. The molecule has 0 aliphatic carbocycles. The quantitative estimate of drug-likeness (QED) is 0.769. The van der Waals surface area contributed by atoms with E-state index in [4.69, 9.17) is 9.47 Å². The fourth-order valence-corrected chi connectivity index (χ4v) is 2.49. The number of rotatable bonds is 7. The number of benzene rings is 1. The van der Waals surface area contributed by atoms with Crippen LogP contribution in [0.3, 0.4) is 0 Å². The fourth-order valence-electron chi connectivity index (χ4n) is 2.23. The van der Waals surface area contributed by atoms with Crippen molar-refractivity contribution in [2.24, 2.45) is 0 Å². The third-order valence-corrected chi connectivity index (χ3v) is 3.93. The summed E-state index contributed by atoms with van der Waals surface area (Å²) in [5.74, 6) is 0.904. The zero-order chi connectivity index (χ0) is 14.2. The van der Waals surface area contributed by atoms with Gasteiger partial charge in [-0.2, -0.15) is 0 Å². The Balaban J connectivity index is 1.56. The molecule has 0 aromatic heterocycles. The molecule has 1 fully saturated rings. The maximum absolute atomic E-state index is 5.74. The molecule has 2 rings (SSSR count). The minimum Gasteiger partial charge on any atom is -0.492 e. The molecule has 1 heterocycles. The Labute approximate surface area is 129 Å². The number of ether oxygens (including phenoxy) is 2. The highest BCUT2D eigenvalue weighted by atomic mass is 79.9. The van der Waals surface area contributed by atoms with Gasteiger partial charge in [0.25, 0.3) is 0 Å². The molecule has 0 bridgehead atoms. The number of hydrogen-bond acceptors (Lipinski definition) is 4. The average Bonchev–Trinajstić information content (AvgIpc) is 2.49. The van der Waals surface area contributed by atoms with Gasteiger partial charge < -0.3 is 14.8 Å². The molecular formula is C15H23BrN2O2. The molecule has 112 valence electrons. The lowest BCUT2D eigenvalue weighted by molar-refractivity contribution is -0.0253.